The Balaban J connectivity index is 1.95. The number of fused-ring (bicyclic) bond motifs is 3. The molecule has 0 saturated carbocycles. The second-order valence-electron chi connectivity index (χ2n) is 5.49. The number of hydrogen-bond donors (Lipinski definition) is 2. The number of nitrogens with one attached hydrogen (secondary N) is 1. The fourth-order valence-electron chi connectivity index (χ4n) is 2.94. The highest BCUT2D eigenvalue weighted by Crippen LogP contribution is 2.45. The first-order valence-electron chi connectivity index (χ1n) is 7.33. The van der Waals surface area contributed by atoms with E-state index >= 15 is 0 Å². The highest BCUT2D eigenvalue weighted by atomic mass is 16.5. The van der Waals surface area contributed by atoms with Gasteiger partial charge in [0.05, 0.1) is 6.61 Å². The lowest BCUT2D eigenvalue weighted by Gasteiger charge is -2.13. The Morgan fingerprint density at radius 1 is 1.23 bits per heavy atom. The lowest BCUT2D eigenvalue weighted by Crippen LogP contribution is -2.26. The van der Waals surface area contributed by atoms with Crippen LogP contribution < -0.4 is 5.32 Å². The lowest BCUT2D eigenvalue weighted by atomic mass is 9.98. The minimum Gasteiger partial charge on any atom is -0.395 e. The molecule has 0 bridgehead atoms. The average molecular weight is 297 g/mol. The average Bonchev–Trinajstić information content (AvgIpc) is 2.86. The highest BCUT2D eigenvalue weighted by molar-refractivity contribution is 5.94. The molecule has 1 amide bonds. The molecule has 0 saturated heterocycles. The molecule has 0 radical (unpaired) electrons. The quantitative estimate of drug-likeness (QED) is 0.912. The Morgan fingerprint density at radius 2 is 1.95 bits per heavy atom. The summed E-state index contributed by atoms with van der Waals surface area (Å²) in [5, 5.41) is 12.6. The van der Waals surface area contributed by atoms with Crippen molar-refractivity contribution in [2.24, 2.45) is 0 Å². The lowest BCUT2D eigenvalue weighted by molar-refractivity contribution is -0.124. The van der Waals surface area contributed by atoms with Crippen LogP contribution >= 0.6 is 0 Å². The molecule has 0 aliphatic heterocycles. The standard InChI is InChI=1S/C18H19NO3/c1-11(22-2)18(21)19-12-7-8-15-13-5-3-4-6-14(13)17(10-20)16(15)9-12/h3-9,11,17,20H,10H2,1-2H3,(H,19,21). The zero-order valence-electron chi connectivity index (χ0n) is 12.7. The van der Waals surface area contributed by atoms with Gasteiger partial charge in [-0.05, 0) is 41.3 Å². The van der Waals surface area contributed by atoms with Crippen molar-refractivity contribution in [2.45, 2.75) is 18.9 Å². The highest BCUT2D eigenvalue weighted by Gasteiger charge is 2.28. The van der Waals surface area contributed by atoms with Gasteiger partial charge in [0.15, 0.2) is 0 Å². The number of benzene rings is 2. The summed E-state index contributed by atoms with van der Waals surface area (Å²) in [5.41, 5.74) is 5.17. The number of anilines is 1. The molecule has 2 atom stereocenters. The molecule has 3 rings (SSSR count). The molecule has 0 aromatic heterocycles. The monoisotopic (exact) mass is 297 g/mol. The molecule has 2 N–H and O–H groups in total. The topological polar surface area (TPSA) is 58.6 Å². The molecular formula is C18H19NO3. The van der Waals surface area contributed by atoms with E-state index in [2.05, 4.69) is 11.4 Å². The van der Waals surface area contributed by atoms with Crippen molar-refractivity contribution >= 4 is 11.6 Å². The van der Waals surface area contributed by atoms with E-state index in [0.717, 1.165) is 27.9 Å². The van der Waals surface area contributed by atoms with Crippen LogP contribution in [0.5, 0.6) is 0 Å². The maximum atomic E-state index is 11.9. The number of carbonyl (C=O) groups is 1. The van der Waals surface area contributed by atoms with E-state index < -0.39 is 6.10 Å². The molecule has 0 spiro atoms. The summed E-state index contributed by atoms with van der Waals surface area (Å²) in [6.07, 6.45) is -0.501. The van der Waals surface area contributed by atoms with E-state index in [4.69, 9.17) is 4.74 Å². The summed E-state index contributed by atoms with van der Waals surface area (Å²) in [5.74, 6) is -0.221. The number of hydrogen-bond acceptors (Lipinski definition) is 3. The smallest absolute Gasteiger partial charge is 0.253 e. The van der Waals surface area contributed by atoms with Crippen molar-refractivity contribution in [1.29, 1.82) is 0 Å². The maximum Gasteiger partial charge on any atom is 0.253 e. The zero-order valence-corrected chi connectivity index (χ0v) is 12.7. The molecule has 1 aliphatic rings. The molecule has 114 valence electrons. The summed E-state index contributed by atoms with van der Waals surface area (Å²) >= 11 is 0. The number of aliphatic hydroxyl groups is 1. The van der Waals surface area contributed by atoms with Crippen LogP contribution in [0.15, 0.2) is 42.5 Å². The largest absolute Gasteiger partial charge is 0.395 e. The Labute approximate surface area is 129 Å². The van der Waals surface area contributed by atoms with E-state index in [0.29, 0.717) is 0 Å². The van der Waals surface area contributed by atoms with Gasteiger partial charge >= 0.3 is 0 Å². The van der Waals surface area contributed by atoms with Crippen LogP contribution in [0.1, 0.15) is 24.0 Å². The number of ether oxygens (including phenoxy) is 1. The predicted octanol–water partition coefficient (Wildman–Crippen LogP) is 2.76. The van der Waals surface area contributed by atoms with Crippen LogP contribution in [-0.4, -0.2) is 30.8 Å². The van der Waals surface area contributed by atoms with E-state index in [9.17, 15) is 9.90 Å². The molecule has 22 heavy (non-hydrogen) atoms. The summed E-state index contributed by atoms with van der Waals surface area (Å²) in [7, 11) is 1.51. The summed E-state index contributed by atoms with van der Waals surface area (Å²) in [6, 6.07) is 13.9. The first kappa shape index (κ1) is 14.8. The number of rotatable bonds is 4. The van der Waals surface area contributed by atoms with E-state index in [1.54, 1.807) is 6.92 Å². The molecule has 4 heteroatoms. The van der Waals surface area contributed by atoms with Crippen molar-refractivity contribution in [3.8, 4) is 11.1 Å². The van der Waals surface area contributed by atoms with Gasteiger partial charge in [0.25, 0.3) is 5.91 Å². The van der Waals surface area contributed by atoms with Crippen LogP contribution in [0, 0.1) is 0 Å². The molecule has 2 unspecified atom stereocenters. The van der Waals surface area contributed by atoms with Crippen molar-refractivity contribution in [2.75, 3.05) is 19.0 Å². The van der Waals surface area contributed by atoms with Crippen molar-refractivity contribution in [3.63, 3.8) is 0 Å². The SMILES string of the molecule is COC(C)C(=O)Nc1ccc2c(c1)C(CO)c1ccccc1-2. The van der Waals surface area contributed by atoms with Gasteiger partial charge in [-0.1, -0.05) is 30.3 Å². The van der Waals surface area contributed by atoms with Gasteiger partial charge in [-0.25, -0.2) is 0 Å². The van der Waals surface area contributed by atoms with Crippen molar-refractivity contribution in [1.82, 2.24) is 0 Å². The Hall–Kier alpha value is -2.17. The molecular weight excluding hydrogens is 278 g/mol. The van der Waals surface area contributed by atoms with Gasteiger partial charge in [-0.3, -0.25) is 4.79 Å². The second kappa shape index (κ2) is 5.91. The van der Waals surface area contributed by atoms with Gasteiger partial charge in [-0.2, -0.15) is 0 Å². The fraction of sp³-hybridized carbons (Fsp3) is 0.278. The molecule has 4 nitrogen and oxygen atoms in total. The number of amides is 1. The summed E-state index contributed by atoms with van der Waals surface area (Å²) in [4.78, 5) is 11.9. The number of methoxy groups -OCH3 is 1. The number of aliphatic hydroxyl groups excluding tert-OH is 1. The minimum atomic E-state index is -0.501. The Kier molecular flexibility index (Phi) is 3.96. The first-order chi connectivity index (χ1) is 10.7. The van der Waals surface area contributed by atoms with Crippen molar-refractivity contribution in [3.05, 3.63) is 53.6 Å². The van der Waals surface area contributed by atoms with E-state index in [1.807, 2.05) is 36.4 Å². The summed E-state index contributed by atoms with van der Waals surface area (Å²) in [6.45, 7) is 1.75. The van der Waals surface area contributed by atoms with Gasteiger partial charge in [0, 0.05) is 18.7 Å². The van der Waals surface area contributed by atoms with E-state index in [1.165, 1.54) is 7.11 Å². The molecule has 1 aliphatic carbocycles. The molecule has 2 aromatic carbocycles. The first-order valence-corrected chi connectivity index (χ1v) is 7.33. The normalized spacial score (nSPS) is 16.8. The van der Waals surface area contributed by atoms with Crippen molar-refractivity contribution < 1.29 is 14.6 Å². The summed E-state index contributed by atoms with van der Waals surface area (Å²) < 4.78 is 5.02. The molecule has 0 heterocycles. The third-order valence-corrected chi connectivity index (χ3v) is 4.23. The zero-order chi connectivity index (χ0) is 15.7. The number of carbonyl (C=O) groups excluding carboxylic acids is 1. The van der Waals surface area contributed by atoms with Gasteiger partial charge in [0.1, 0.15) is 6.10 Å². The Bertz CT molecular complexity index is 711. The van der Waals surface area contributed by atoms with Crippen LogP contribution in [0.2, 0.25) is 0 Å². The predicted molar refractivity (Wildman–Crippen MR) is 85.9 cm³/mol. The van der Waals surface area contributed by atoms with Gasteiger partial charge in [0.2, 0.25) is 0 Å². The van der Waals surface area contributed by atoms with Gasteiger partial charge in [-0.15, -0.1) is 0 Å². The minimum absolute atomic E-state index is 0.0390. The fourth-order valence-corrected chi connectivity index (χ4v) is 2.94. The van der Waals surface area contributed by atoms with Crippen LogP contribution in [-0.2, 0) is 9.53 Å². The molecule has 2 aromatic rings. The van der Waals surface area contributed by atoms with Crippen LogP contribution in [0.4, 0.5) is 5.69 Å². The second-order valence-corrected chi connectivity index (χ2v) is 5.49. The maximum absolute atomic E-state index is 11.9. The van der Waals surface area contributed by atoms with Gasteiger partial charge < -0.3 is 15.2 Å². The Morgan fingerprint density at radius 3 is 2.68 bits per heavy atom. The van der Waals surface area contributed by atoms with Crippen LogP contribution in [0.25, 0.3) is 11.1 Å². The van der Waals surface area contributed by atoms with E-state index in [-0.39, 0.29) is 18.4 Å². The third kappa shape index (κ3) is 2.40. The third-order valence-electron chi connectivity index (χ3n) is 4.23. The van der Waals surface area contributed by atoms with Crippen LogP contribution in [0.3, 0.4) is 0 Å². The molecule has 0 fully saturated rings.